The van der Waals surface area contributed by atoms with Gasteiger partial charge in [0.05, 0.1) is 41.4 Å². The van der Waals surface area contributed by atoms with Gasteiger partial charge in [-0.05, 0) is 31.0 Å². The monoisotopic (exact) mass is 505 g/mol. The average molecular weight is 506 g/mol. The van der Waals surface area contributed by atoms with Gasteiger partial charge in [-0.15, -0.1) is 21.5 Å². The molecule has 1 aliphatic rings. The van der Waals surface area contributed by atoms with E-state index in [1.54, 1.807) is 29.6 Å². The zero-order chi connectivity index (χ0) is 24.0. The summed E-state index contributed by atoms with van der Waals surface area (Å²) in [7, 11) is 1.73. The van der Waals surface area contributed by atoms with Crippen LogP contribution >= 0.6 is 11.3 Å². The average Bonchev–Trinajstić information content (AvgIpc) is 3.20. The molecule has 0 amide bonds. The van der Waals surface area contributed by atoms with Crippen LogP contribution in [0.2, 0.25) is 0 Å². The summed E-state index contributed by atoms with van der Waals surface area (Å²) in [6, 6.07) is 4.50. The number of anilines is 1. The maximum absolute atomic E-state index is 13.7. The van der Waals surface area contributed by atoms with E-state index in [9.17, 15) is 22.7 Å². The van der Waals surface area contributed by atoms with Gasteiger partial charge in [0.15, 0.2) is 0 Å². The summed E-state index contributed by atoms with van der Waals surface area (Å²) >= 11 is -1.22. The molecule has 178 valence electrons. The van der Waals surface area contributed by atoms with E-state index < -0.39 is 34.7 Å². The van der Waals surface area contributed by atoms with Crippen molar-refractivity contribution in [2.45, 2.75) is 31.5 Å². The second-order valence-corrected chi connectivity index (χ2v) is 9.94. The highest BCUT2D eigenvalue weighted by Crippen LogP contribution is 2.45. The number of aryl methyl sites for hydroxylation is 1. The van der Waals surface area contributed by atoms with Gasteiger partial charge in [0.2, 0.25) is 0 Å². The van der Waals surface area contributed by atoms with Gasteiger partial charge >= 0.3 is 5.69 Å². The van der Waals surface area contributed by atoms with E-state index in [4.69, 9.17) is 0 Å². The summed E-state index contributed by atoms with van der Waals surface area (Å²) in [5.74, 6) is 0. The molecule has 34 heavy (non-hydrogen) atoms. The molecule has 5 rings (SSSR count). The summed E-state index contributed by atoms with van der Waals surface area (Å²) in [5.41, 5.74) is 0.615. The maximum Gasteiger partial charge on any atom is 0.332 e. The fourth-order valence-corrected chi connectivity index (χ4v) is 5.40. The molecule has 0 spiro atoms. The van der Waals surface area contributed by atoms with Gasteiger partial charge in [-0.3, -0.25) is 27.5 Å². The number of halogens is 1. The Balaban J connectivity index is 1.72. The van der Waals surface area contributed by atoms with Gasteiger partial charge in [-0.25, -0.2) is 13.4 Å². The third kappa shape index (κ3) is 3.86. The highest BCUT2D eigenvalue weighted by molar-refractivity contribution is 7.80. The smallest absolute Gasteiger partial charge is 0.289 e. The van der Waals surface area contributed by atoms with Crippen LogP contribution in [0.3, 0.4) is 0 Å². The van der Waals surface area contributed by atoms with Crippen molar-refractivity contribution >= 4 is 39.2 Å². The molecule has 0 radical (unpaired) electrons. The van der Waals surface area contributed by atoms with Crippen LogP contribution in [0.15, 0.2) is 45.7 Å². The lowest BCUT2D eigenvalue weighted by atomic mass is 10.2. The van der Waals surface area contributed by atoms with Crippen molar-refractivity contribution in [1.82, 2.24) is 29.1 Å². The van der Waals surface area contributed by atoms with Crippen LogP contribution in [-0.2, 0) is 31.4 Å². The van der Waals surface area contributed by atoms with E-state index in [1.165, 1.54) is 34.1 Å². The summed E-state index contributed by atoms with van der Waals surface area (Å²) in [6.45, 7) is -0.707. The van der Waals surface area contributed by atoms with E-state index in [0.29, 0.717) is 28.9 Å². The van der Waals surface area contributed by atoms with Crippen LogP contribution in [-0.4, -0.2) is 50.1 Å². The predicted octanol–water partition coefficient (Wildman–Crippen LogP) is 1.29. The first-order valence-corrected chi connectivity index (χ1v) is 12.2. The minimum absolute atomic E-state index is 0.00808. The van der Waals surface area contributed by atoms with Crippen LogP contribution in [0.4, 0.5) is 10.1 Å². The zero-order valence-electron chi connectivity index (χ0n) is 18.0. The Hall–Kier alpha value is -3.23. The van der Waals surface area contributed by atoms with Crippen molar-refractivity contribution in [2.75, 3.05) is 11.0 Å². The Morgan fingerprint density at radius 1 is 1.26 bits per heavy atom. The van der Waals surface area contributed by atoms with E-state index in [-0.39, 0.29) is 24.2 Å². The lowest BCUT2D eigenvalue weighted by molar-refractivity contribution is 0.413. The molecule has 0 saturated heterocycles. The van der Waals surface area contributed by atoms with Crippen LogP contribution in [0.1, 0.15) is 23.4 Å². The number of fused-ring (bicyclic) bond motifs is 1. The van der Waals surface area contributed by atoms with Gasteiger partial charge in [0.1, 0.15) is 17.2 Å². The molecule has 1 unspecified atom stereocenters. The standard InChI is InChI=1S/C20H20FN7O4S2/c1-25-8-13(7-23-25)9-27-18(29)15-6-14(28(34(31)32)20(11-21)4-5-20)2-3-16(15)26(19(27)30)10-17-24-22-12-33-17/h2-3,6-8,12H,4-5,9-11H2,1H3,(H,31,32). The first kappa shape index (κ1) is 22.6. The molecule has 3 aromatic heterocycles. The lowest BCUT2D eigenvalue weighted by Crippen LogP contribution is -2.42. The predicted molar refractivity (Wildman–Crippen MR) is 125 cm³/mol. The van der Waals surface area contributed by atoms with Crippen molar-refractivity contribution in [3.63, 3.8) is 0 Å². The number of benzene rings is 1. The number of hydrogen-bond acceptors (Lipinski definition) is 7. The summed E-state index contributed by atoms with van der Waals surface area (Å²) in [6.07, 6.45) is 4.12. The van der Waals surface area contributed by atoms with Crippen LogP contribution in [0, 0.1) is 0 Å². The Morgan fingerprint density at radius 2 is 2.06 bits per heavy atom. The van der Waals surface area contributed by atoms with Crippen molar-refractivity contribution in [2.24, 2.45) is 7.05 Å². The third-order valence-corrected chi connectivity index (χ3v) is 7.50. The largest absolute Gasteiger partial charge is 0.332 e. The fraction of sp³-hybridized carbons (Fsp3) is 0.350. The Morgan fingerprint density at radius 3 is 2.65 bits per heavy atom. The highest BCUT2D eigenvalue weighted by atomic mass is 32.2. The number of aromatic nitrogens is 6. The van der Waals surface area contributed by atoms with Gasteiger partial charge in [-0.1, -0.05) is 0 Å². The molecular weight excluding hydrogens is 485 g/mol. The van der Waals surface area contributed by atoms with Crippen molar-refractivity contribution in [3.8, 4) is 0 Å². The molecule has 0 aliphatic heterocycles. The fourth-order valence-electron chi connectivity index (χ4n) is 4.03. The number of nitrogens with zero attached hydrogens (tertiary/aromatic N) is 7. The molecule has 1 atom stereocenters. The van der Waals surface area contributed by atoms with E-state index in [1.807, 2.05) is 0 Å². The quantitative estimate of drug-likeness (QED) is 0.357. The van der Waals surface area contributed by atoms with Gasteiger partial charge in [0, 0.05) is 18.8 Å². The second kappa shape index (κ2) is 8.52. The Bertz CT molecular complexity index is 1510. The Kier molecular flexibility index (Phi) is 5.65. The minimum atomic E-state index is -2.49. The summed E-state index contributed by atoms with van der Waals surface area (Å²) in [4.78, 5) is 26.9. The molecule has 4 aromatic rings. The van der Waals surface area contributed by atoms with E-state index in [0.717, 1.165) is 8.87 Å². The SMILES string of the molecule is Cn1cc(Cn2c(=O)c3cc(N(S(=O)O)C4(CF)CC4)ccc3n(Cc3nncs3)c2=O)cn1. The second-order valence-electron chi connectivity index (χ2n) is 8.20. The lowest BCUT2D eigenvalue weighted by Gasteiger charge is -2.28. The van der Waals surface area contributed by atoms with Gasteiger partial charge < -0.3 is 0 Å². The van der Waals surface area contributed by atoms with Crippen molar-refractivity contribution in [3.05, 3.63) is 67.5 Å². The molecule has 1 N–H and O–H groups in total. The van der Waals surface area contributed by atoms with E-state index in [2.05, 4.69) is 15.3 Å². The molecule has 3 heterocycles. The van der Waals surface area contributed by atoms with Crippen molar-refractivity contribution in [1.29, 1.82) is 0 Å². The molecule has 1 fully saturated rings. The Labute approximate surface area is 198 Å². The molecule has 11 nitrogen and oxygen atoms in total. The molecule has 1 aromatic carbocycles. The topological polar surface area (TPSA) is 128 Å². The normalized spacial score (nSPS) is 15.5. The molecular formula is C20H20FN7O4S2. The first-order chi connectivity index (χ1) is 16.3. The third-order valence-electron chi connectivity index (χ3n) is 5.90. The summed E-state index contributed by atoms with van der Waals surface area (Å²) < 4.78 is 40.9. The first-order valence-electron chi connectivity index (χ1n) is 10.3. The molecule has 14 heteroatoms. The number of rotatable bonds is 8. The maximum atomic E-state index is 13.7. The van der Waals surface area contributed by atoms with Crippen LogP contribution in [0.25, 0.3) is 10.9 Å². The van der Waals surface area contributed by atoms with E-state index >= 15 is 0 Å². The molecule has 1 aliphatic carbocycles. The van der Waals surface area contributed by atoms with Crippen LogP contribution in [0.5, 0.6) is 0 Å². The van der Waals surface area contributed by atoms with Gasteiger partial charge in [0.25, 0.3) is 16.8 Å². The molecule has 1 saturated carbocycles. The summed E-state index contributed by atoms with van der Waals surface area (Å²) in [5, 5.41) is 12.6. The number of alkyl halides is 1. The minimum Gasteiger partial charge on any atom is -0.289 e. The molecule has 0 bridgehead atoms. The number of hydrogen-bond donors (Lipinski definition) is 1. The van der Waals surface area contributed by atoms with Gasteiger partial charge in [-0.2, -0.15) is 5.10 Å². The van der Waals surface area contributed by atoms with Crippen molar-refractivity contribution < 1.29 is 13.2 Å². The highest BCUT2D eigenvalue weighted by Gasteiger charge is 2.51. The van der Waals surface area contributed by atoms with Crippen LogP contribution < -0.4 is 15.6 Å². The zero-order valence-corrected chi connectivity index (χ0v) is 19.6.